The molecule has 0 radical (unpaired) electrons. The number of phenolic OH excluding ortho intramolecular Hbond substituents is 1. The second-order valence-corrected chi connectivity index (χ2v) is 4.52. The quantitative estimate of drug-likeness (QED) is 0.822. The van der Waals surface area contributed by atoms with Crippen LogP contribution in [0.1, 0.15) is 24.0 Å². The summed E-state index contributed by atoms with van der Waals surface area (Å²) in [5.74, 6) is -0.825. The van der Waals surface area contributed by atoms with Gasteiger partial charge in [0.25, 0.3) is 0 Å². The van der Waals surface area contributed by atoms with Crippen LogP contribution >= 0.6 is 0 Å². The molecule has 1 fully saturated rings. The molecule has 0 aromatic heterocycles. The first-order chi connectivity index (χ1) is 8.06. The minimum Gasteiger partial charge on any atom is -0.508 e. The van der Waals surface area contributed by atoms with Crippen molar-refractivity contribution in [1.82, 2.24) is 0 Å². The average molecular weight is 236 g/mol. The van der Waals surface area contributed by atoms with Gasteiger partial charge < -0.3 is 14.9 Å². The second kappa shape index (κ2) is 4.37. The van der Waals surface area contributed by atoms with E-state index in [1.54, 1.807) is 12.1 Å². The fraction of sp³-hybridized carbons (Fsp3) is 0.462. The van der Waals surface area contributed by atoms with E-state index in [4.69, 9.17) is 4.74 Å². The van der Waals surface area contributed by atoms with Gasteiger partial charge in [-0.1, -0.05) is 12.1 Å². The van der Waals surface area contributed by atoms with Gasteiger partial charge in [-0.3, -0.25) is 4.79 Å². The van der Waals surface area contributed by atoms with Crippen LogP contribution in [-0.2, 0) is 14.9 Å². The number of ether oxygens (including phenoxy) is 1. The van der Waals surface area contributed by atoms with Crippen LogP contribution in [0.4, 0.5) is 0 Å². The van der Waals surface area contributed by atoms with Crippen LogP contribution in [0.3, 0.4) is 0 Å². The highest BCUT2D eigenvalue weighted by Crippen LogP contribution is 2.39. The highest BCUT2D eigenvalue weighted by molar-refractivity contribution is 5.82. The first kappa shape index (κ1) is 11.9. The number of hydrogen-bond acceptors (Lipinski definition) is 3. The van der Waals surface area contributed by atoms with Gasteiger partial charge >= 0.3 is 5.97 Å². The SMILES string of the molecule is Cc1ccc(C2(C(=O)O)CCOCC2)c(O)c1. The van der Waals surface area contributed by atoms with E-state index in [1.807, 2.05) is 13.0 Å². The number of phenols is 1. The van der Waals surface area contributed by atoms with E-state index < -0.39 is 11.4 Å². The van der Waals surface area contributed by atoms with Gasteiger partial charge in [0.2, 0.25) is 0 Å². The minimum absolute atomic E-state index is 0.0642. The number of carboxylic acids is 1. The molecule has 1 heterocycles. The Balaban J connectivity index is 2.49. The summed E-state index contributed by atoms with van der Waals surface area (Å²) in [4.78, 5) is 11.5. The summed E-state index contributed by atoms with van der Waals surface area (Å²) in [5, 5.41) is 19.4. The lowest BCUT2D eigenvalue weighted by Crippen LogP contribution is -2.41. The topological polar surface area (TPSA) is 66.8 Å². The van der Waals surface area contributed by atoms with E-state index in [0.29, 0.717) is 31.6 Å². The minimum atomic E-state index is -1.00. The van der Waals surface area contributed by atoms with Gasteiger partial charge in [-0.05, 0) is 31.4 Å². The van der Waals surface area contributed by atoms with Crippen LogP contribution < -0.4 is 0 Å². The first-order valence-corrected chi connectivity index (χ1v) is 5.67. The maximum absolute atomic E-state index is 11.5. The summed E-state index contributed by atoms with van der Waals surface area (Å²) < 4.78 is 5.22. The predicted octanol–water partition coefficient (Wildman–Crippen LogP) is 1.83. The van der Waals surface area contributed by atoms with Gasteiger partial charge in [-0.25, -0.2) is 0 Å². The molecule has 1 aromatic carbocycles. The Bertz CT molecular complexity index is 433. The maximum Gasteiger partial charge on any atom is 0.314 e. The van der Waals surface area contributed by atoms with Crippen molar-refractivity contribution < 1.29 is 19.7 Å². The van der Waals surface area contributed by atoms with Crippen LogP contribution in [-0.4, -0.2) is 29.4 Å². The molecule has 0 unspecified atom stereocenters. The van der Waals surface area contributed by atoms with Gasteiger partial charge in [0.15, 0.2) is 0 Å². The smallest absolute Gasteiger partial charge is 0.314 e. The number of rotatable bonds is 2. The summed E-state index contributed by atoms with van der Waals surface area (Å²) in [6.07, 6.45) is 0.803. The fourth-order valence-corrected chi connectivity index (χ4v) is 2.36. The molecule has 0 saturated carbocycles. The van der Waals surface area contributed by atoms with Crippen LogP contribution in [0.15, 0.2) is 18.2 Å². The zero-order chi connectivity index (χ0) is 12.5. The standard InChI is InChI=1S/C13H16O4/c1-9-2-3-10(11(14)8-9)13(12(15)16)4-6-17-7-5-13/h2-3,8,14H,4-7H2,1H3,(H,15,16). The van der Waals surface area contributed by atoms with Crippen LogP contribution in [0.5, 0.6) is 5.75 Å². The molecule has 1 saturated heterocycles. The zero-order valence-corrected chi connectivity index (χ0v) is 9.77. The van der Waals surface area contributed by atoms with Gasteiger partial charge in [0.1, 0.15) is 11.2 Å². The third-order valence-corrected chi connectivity index (χ3v) is 3.42. The van der Waals surface area contributed by atoms with Gasteiger partial charge in [0.05, 0.1) is 0 Å². The molecule has 0 amide bonds. The van der Waals surface area contributed by atoms with Crippen molar-refractivity contribution in [2.45, 2.75) is 25.2 Å². The summed E-state index contributed by atoms with van der Waals surface area (Å²) in [5.41, 5.74) is 0.411. The van der Waals surface area contributed by atoms with Crippen molar-refractivity contribution in [1.29, 1.82) is 0 Å². The number of aliphatic carboxylic acids is 1. The highest BCUT2D eigenvalue weighted by atomic mass is 16.5. The molecular formula is C13H16O4. The Morgan fingerprint density at radius 1 is 1.35 bits per heavy atom. The Morgan fingerprint density at radius 3 is 2.53 bits per heavy atom. The molecule has 1 aromatic rings. The molecule has 17 heavy (non-hydrogen) atoms. The molecule has 2 N–H and O–H groups in total. The summed E-state index contributed by atoms with van der Waals surface area (Å²) in [7, 11) is 0. The van der Waals surface area contributed by atoms with Crippen molar-refractivity contribution in [3.05, 3.63) is 29.3 Å². The molecule has 2 rings (SSSR count). The van der Waals surface area contributed by atoms with Crippen LogP contribution in [0.25, 0.3) is 0 Å². The van der Waals surface area contributed by atoms with Crippen molar-refractivity contribution in [3.8, 4) is 5.75 Å². The normalized spacial score (nSPS) is 18.9. The Hall–Kier alpha value is -1.55. The highest BCUT2D eigenvalue weighted by Gasteiger charge is 2.43. The fourth-order valence-electron chi connectivity index (χ4n) is 2.36. The number of carbonyl (C=O) groups is 1. The summed E-state index contributed by atoms with van der Waals surface area (Å²) in [6.45, 7) is 2.69. The predicted molar refractivity (Wildman–Crippen MR) is 62.2 cm³/mol. The molecule has 0 atom stereocenters. The molecule has 4 heteroatoms. The maximum atomic E-state index is 11.5. The first-order valence-electron chi connectivity index (χ1n) is 5.67. The van der Waals surface area contributed by atoms with Crippen molar-refractivity contribution in [2.75, 3.05) is 13.2 Å². The summed E-state index contributed by atoms with van der Waals surface area (Å²) in [6, 6.07) is 5.15. The number of aromatic hydroxyl groups is 1. The summed E-state index contributed by atoms with van der Waals surface area (Å²) >= 11 is 0. The third-order valence-electron chi connectivity index (χ3n) is 3.42. The van der Waals surface area contributed by atoms with Crippen LogP contribution in [0, 0.1) is 6.92 Å². The molecule has 92 valence electrons. The lowest BCUT2D eigenvalue weighted by Gasteiger charge is -2.34. The number of aryl methyl sites for hydroxylation is 1. The molecule has 1 aliphatic heterocycles. The zero-order valence-electron chi connectivity index (χ0n) is 9.77. The van der Waals surface area contributed by atoms with E-state index in [-0.39, 0.29) is 5.75 Å². The number of hydrogen-bond donors (Lipinski definition) is 2. The van der Waals surface area contributed by atoms with Crippen molar-refractivity contribution in [3.63, 3.8) is 0 Å². The number of carboxylic acid groups (broad SMARTS) is 1. The van der Waals surface area contributed by atoms with Gasteiger partial charge in [-0.15, -0.1) is 0 Å². The van der Waals surface area contributed by atoms with E-state index in [1.165, 1.54) is 0 Å². The number of benzene rings is 1. The monoisotopic (exact) mass is 236 g/mol. The van der Waals surface area contributed by atoms with E-state index in [9.17, 15) is 15.0 Å². The molecule has 0 aliphatic carbocycles. The molecule has 0 bridgehead atoms. The Kier molecular flexibility index (Phi) is 3.07. The largest absolute Gasteiger partial charge is 0.508 e. The van der Waals surface area contributed by atoms with Gasteiger partial charge in [0, 0.05) is 18.8 Å². The van der Waals surface area contributed by atoms with E-state index in [0.717, 1.165) is 5.56 Å². The molecule has 1 aliphatic rings. The molecular weight excluding hydrogens is 220 g/mol. The molecule has 4 nitrogen and oxygen atoms in total. The molecule has 0 spiro atoms. The lowest BCUT2D eigenvalue weighted by atomic mass is 9.73. The average Bonchev–Trinajstić information content (AvgIpc) is 2.29. The lowest BCUT2D eigenvalue weighted by molar-refractivity contribution is -0.147. The van der Waals surface area contributed by atoms with Crippen molar-refractivity contribution >= 4 is 5.97 Å². The van der Waals surface area contributed by atoms with Crippen LogP contribution in [0.2, 0.25) is 0 Å². The second-order valence-electron chi connectivity index (χ2n) is 4.52. The van der Waals surface area contributed by atoms with Gasteiger partial charge in [-0.2, -0.15) is 0 Å². The third kappa shape index (κ3) is 2.00. The van der Waals surface area contributed by atoms with E-state index in [2.05, 4.69) is 0 Å². The van der Waals surface area contributed by atoms with E-state index >= 15 is 0 Å². The Labute approximate surface area is 99.8 Å². The van der Waals surface area contributed by atoms with Crippen molar-refractivity contribution in [2.24, 2.45) is 0 Å². The Morgan fingerprint density at radius 2 is 2.00 bits per heavy atom.